The monoisotopic (exact) mass is 479 g/mol. The third-order valence-corrected chi connectivity index (χ3v) is 5.38. The van der Waals surface area contributed by atoms with E-state index in [0.29, 0.717) is 34.4 Å². The smallest absolute Gasteiger partial charge is 0.269 e. The minimum absolute atomic E-state index is 0.259. The number of amides is 3. The fourth-order valence-corrected chi connectivity index (χ4v) is 3.48. The van der Waals surface area contributed by atoms with Crippen LogP contribution >= 0.6 is 11.6 Å². The third kappa shape index (κ3) is 5.47. The molecular weight excluding hydrogens is 458 g/mol. The largest absolute Gasteiger partial charge is 0.489 e. The van der Waals surface area contributed by atoms with E-state index in [1.165, 1.54) is 4.90 Å². The first-order chi connectivity index (χ1) is 16.4. The maximum Gasteiger partial charge on any atom is 0.269 e. The lowest BCUT2D eigenvalue weighted by Gasteiger charge is -2.32. The molecule has 1 unspecified atom stereocenters. The molecule has 0 aromatic heterocycles. The maximum absolute atomic E-state index is 12.5. The number of hydrogen-bond acceptors (Lipinski definition) is 5. The van der Waals surface area contributed by atoms with E-state index in [9.17, 15) is 14.4 Å². The summed E-state index contributed by atoms with van der Waals surface area (Å²) >= 11 is 5.86. The Bertz CT molecular complexity index is 1200. The van der Waals surface area contributed by atoms with Crippen LogP contribution in [-0.2, 0) is 16.2 Å². The molecule has 4 rings (SSSR count). The summed E-state index contributed by atoms with van der Waals surface area (Å²) < 4.78 is 11.2. The highest BCUT2D eigenvalue weighted by molar-refractivity contribution is 6.30. The zero-order valence-corrected chi connectivity index (χ0v) is 19.0. The minimum atomic E-state index is -0.709. The first-order valence-corrected chi connectivity index (χ1v) is 10.9. The molecule has 0 bridgehead atoms. The number of hydrogen-bond donors (Lipinski definition) is 2. The van der Waals surface area contributed by atoms with Gasteiger partial charge in [-0.25, -0.2) is 0 Å². The van der Waals surface area contributed by atoms with Crippen LogP contribution in [0.2, 0.25) is 5.02 Å². The summed E-state index contributed by atoms with van der Waals surface area (Å²) in [4.78, 5) is 38.7. The zero-order chi connectivity index (χ0) is 24.1. The van der Waals surface area contributed by atoms with Gasteiger partial charge in [0, 0.05) is 10.6 Å². The Morgan fingerprint density at radius 3 is 2.44 bits per heavy atom. The summed E-state index contributed by atoms with van der Waals surface area (Å²) in [6, 6.07) is 20.8. The second-order valence-electron chi connectivity index (χ2n) is 7.59. The molecule has 0 radical (unpaired) electrons. The van der Waals surface area contributed by atoms with Gasteiger partial charge >= 0.3 is 0 Å². The van der Waals surface area contributed by atoms with Crippen LogP contribution in [0.4, 0.5) is 5.69 Å². The molecule has 2 N–H and O–H groups in total. The van der Waals surface area contributed by atoms with Crippen molar-refractivity contribution < 1.29 is 23.9 Å². The van der Waals surface area contributed by atoms with Crippen LogP contribution in [0.25, 0.3) is 0 Å². The number of carbonyl (C=O) groups excluding carboxylic acids is 3. The maximum atomic E-state index is 12.5. The van der Waals surface area contributed by atoms with Crippen molar-refractivity contribution in [1.82, 2.24) is 10.9 Å². The highest BCUT2D eigenvalue weighted by Gasteiger charge is 2.32. The Kier molecular flexibility index (Phi) is 6.98. The Balaban J connectivity index is 1.29. The molecule has 174 valence electrons. The quantitative estimate of drug-likeness (QED) is 0.527. The van der Waals surface area contributed by atoms with Gasteiger partial charge < -0.3 is 9.47 Å². The predicted octanol–water partition coefficient (Wildman–Crippen LogP) is 3.49. The standard InChI is InChI=1S/C25H22ClN3O5/c1-16-25(32)29(21-4-2-3-5-22(21)34-16)14-23(30)27-28-24(31)18-8-6-17(7-9-18)15-33-20-12-10-19(26)11-13-20/h2-13,16H,14-15H2,1H3,(H,27,30)(H,28,31). The van der Waals surface area contributed by atoms with E-state index in [0.717, 1.165) is 5.56 Å². The number of carbonyl (C=O) groups is 3. The molecule has 1 heterocycles. The molecule has 3 amide bonds. The van der Waals surface area contributed by atoms with E-state index in [-0.39, 0.29) is 12.5 Å². The van der Waals surface area contributed by atoms with E-state index < -0.39 is 17.9 Å². The molecule has 3 aromatic rings. The molecule has 1 aliphatic heterocycles. The van der Waals surface area contributed by atoms with Crippen LogP contribution in [0, 0.1) is 0 Å². The number of hydrazine groups is 1. The number of rotatable bonds is 6. The van der Waals surface area contributed by atoms with Crippen molar-refractivity contribution in [1.29, 1.82) is 0 Å². The van der Waals surface area contributed by atoms with E-state index >= 15 is 0 Å². The lowest BCUT2D eigenvalue weighted by molar-refractivity contribution is -0.128. The first kappa shape index (κ1) is 23.1. The van der Waals surface area contributed by atoms with Crippen LogP contribution in [0.5, 0.6) is 11.5 Å². The molecular formula is C25H22ClN3O5. The average molecular weight is 480 g/mol. The molecule has 3 aromatic carbocycles. The predicted molar refractivity (Wildman–Crippen MR) is 127 cm³/mol. The van der Waals surface area contributed by atoms with Crippen LogP contribution < -0.4 is 25.2 Å². The van der Waals surface area contributed by atoms with Gasteiger partial charge in [0.1, 0.15) is 24.7 Å². The Morgan fingerprint density at radius 1 is 1.00 bits per heavy atom. The van der Waals surface area contributed by atoms with Crippen molar-refractivity contribution >= 4 is 35.0 Å². The topological polar surface area (TPSA) is 97.0 Å². The fraction of sp³-hybridized carbons (Fsp3) is 0.160. The lowest BCUT2D eigenvalue weighted by atomic mass is 10.1. The number of nitrogens with one attached hydrogen (secondary N) is 2. The fourth-order valence-electron chi connectivity index (χ4n) is 3.35. The summed E-state index contributed by atoms with van der Waals surface area (Å²) in [5.74, 6) is -0.160. The number of nitrogens with zero attached hydrogens (tertiary/aromatic N) is 1. The average Bonchev–Trinajstić information content (AvgIpc) is 2.85. The molecule has 34 heavy (non-hydrogen) atoms. The Morgan fingerprint density at radius 2 is 1.71 bits per heavy atom. The van der Waals surface area contributed by atoms with Gasteiger partial charge in [0.25, 0.3) is 17.7 Å². The first-order valence-electron chi connectivity index (χ1n) is 10.5. The molecule has 0 fully saturated rings. The molecule has 0 aliphatic carbocycles. The van der Waals surface area contributed by atoms with Crippen molar-refractivity contribution in [3.63, 3.8) is 0 Å². The molecule has 1 atom stereocenters. The van der Waals surface area contributed by atoms with E-state index in [1.54, 1.807) is 79.7 Å². The van der Waals surface area contributed by atoms with Gasteiger partial charge in [0.2, 0.25) is 0 Å². The normalized spacial score (nSPS) is 14.6. The molecule has 0 spiro atoms. The highest BCUT2D eigenvalue weighted by atomic mass is 35.5. The van der Waals surface area contributed by atoms with E-state index in [4.69, 9.17) is 21.1 Å². The molecule has 0 saturated heterocycles. The van der Waals surface area contributed by atoms with Crippen LogP contribution in [0.1, 0.15) is 22.8 Å². The number of anilines is 1. The van der Waals surface area contributed by atoms with Crippen molar-refractivity contribution in [3.05, 3.63) is 88.9 Å². The Labute approximate surface area is 201 Å². The van der Waals surface area contributed by atoms with E-state index in [1.807, 2.05) is 0 Å². The highest BCUT2D eigenvalue weighted by Crippen LogP contribution is 2.33. The van der Waals surface area contributed by atoms with Crippen molar-refractivity contribution in [3.8, 4) is 11.5 Å². The summed E-state index contributed by atoms with van der Waals surface area (Å²) in [6.45, 7) is 1.69. The number of fused-ring (bicyclic) bond motifs is 1. The second kappa shape index (κ2) is 10.3. The summed E-state index contributed by atoms with van der Waals surface area (Å²) in [5, 5.41) is 0.630. The number of para-hydroxylation sites is 2. The summed E-state index contributed by atoms with van der Waals surface area (Å²) in [5.41, 5.74) is 6.45. The number of benzene rings is 3. The van der Waals surface area contributed by atoms with Crippen molar-refractivity contribution in [2.45, 2.75) is 19.6 Å². The van der Waals surface area contributed by atoms with Crippen molar-refractivity contribution in [2.24, 2.45) is 0 Å². The van der Waals surface area contributed by atoms with Crippen molar-refractivity contribution in [2.75, 3.05) is 11.4 Å². The van der Waals surface area contributed by atoms with Gasteiger partial charge in [-0.15, -0.1) is 0 Å². The summed E-state index contributed by atoms with van der Waals surface area (Å²) in [7, 11) is 0. The molecule has 0 saturated carbocycles. The lowest BCUT2D eigenvalue weighted by Crippen LogP contribution is -2.51. The Hall–Kier alpha value is -4.04. The van der Waals surface area contributed by atoms with Gasteiger partial charge in [-0.3, -0.25) is 30.1 Å². The van der Waals surface area contributed by atoms with E-state index in [2.05, 4.69) is 10.9 Å². The van der Waals surface area contributed by atoms with Crippen LogP contribution in [0.3, 0.4) is 0 Å². The van der Waals surface area contributed by atoms with Gasteiger partial charge in [-0.1, -0.05) is 35.9 Å². The van der Waals surface area contributed by atoms with Gasteiger partial charge in [0.05, 0.1) is 5.69 Å². The molecule has 9 heteroatoms. The molecule has 8 nitrogen and oxygen atoms in total. The minimum Gasteiger partial charge on any atom is -0.489 e. The van der Waals surface area contributed by atoms with Gasteiger partial charge in [-0.2, -0.15) is 0 Å². The summed E-state index contributed by atoms with van der Waals surface area (Å²) in [6.07, 6.45) is -0.709. The SMILES string of the molecule is CC1Oc2ccccc2N(CC(=O)NNC(=O)c2ccc(COc3ccc(Cl)cc3)cc2)C1=O. The van der Waals surface area contributed by atoms with Gasteiger partial charge in [0.15, 0.2) is 6.10 Å². The third-order valence-electron chi connectivity index (χ3n) is 5.13. The molecule has 1 aliphatic rings. The number of ether oxygens (including phenoxy) is 2. The van der Waals surface area contributed by atoms with Crippen LogP contribution in [0.15, 0.2) is 72.8 Å². The van der Waals surface area contributed by atoms with Gasteiger partial charge in [-0.05, 0) is 61.0 Å². The zero-order valence-electron chi connectivity index (χ0n) is 18.3. The number of halogens is 1. The van der Waals surface area contributed by atoms with Crippen LogP contribution in [-0.4, -0.2) is 30.4 Å². The second-order valence-corrected chi connectivity index (χ2v) is 8.03.